The maximum Gasteiger partial charge on any atom is 0.259 e. The maximum absolute atomic E-state index is 12.1. The standard InChI is InChI=1S/C20H19N3O2/c24-20-17-3-1-2-4-18(17)21-19(22-20)10-7-15-5-8-16(9-6-15)23-11-13-25-14-12-23/h1-10H,11-14H2,(H,21,22,24)/b10-7+. The quantitative estimate of drug-likeness (QED) is 0.801. The van der Waals surface area contributed by atoms with Gasteiger partial charge in [0.1, 0.15) is 5.82 Å². The van der Waals surface area contributed by atoms with E-state index < -0.39 is 0 Å². The van der Waals surface area contributed by atoms with Crippen LogP contribution in [0.1, 0.15) is 11.4 Å². The van der Waals surface area contributed by atoms with Crippen molar-refractivity contribution in [3.63, 3.8) is 0 Å². The second-order valence-corrected chi connectivity index (χ2v) is 5.99. The van der Waals surface area contributed by atoms with E-state index in [2.05, 4.69) is 39.1 Å². The van der Waals surface area contributed by atoms with Gasteiger partial charge in [-0.1, -0.05) is 30.3 Å². The fraction of sp³-hybridized carbons (Fsp3) is 0.200. The number of rotatable bonds is 3. The zero-order valence-electron chi connectivity index (χ0n) is 13.8. The highest BCUT2D eigenvalue weighted by Gasteiger charge is 2.10. The molecule has 2 aromatic carbocycles. The number of aromatic nitrogens is 2. The van der Waals surface area contributed by atoms with Gasteiger partial charge in [-0.15, -0.1) is 0 Å². The number of para-hydroxylation sites is 1. The summed E-state index contributed by atoms with van der Waals surface area (Å²) in [6.45, 7) is 3.42. The molecule has 0 amide bonds. The fourth-order valence-electron chi connectivity index (χ4n) is 2.98. The summed E-state index contributed by atoms with van der Waals surface area (Å²) in [6.07, 6.45) is 3.79. The molecule has 0 radical (unpaired) electrons. The van der Waals surface area contributed by atoms with Gasteiger partial charge < -0.3 is 14.6 Å². The first-order valence-electron chi connectivity index (χ1n) is 8.39. The van der Waals surface area contributed by atoms with Gasteiger partial charge in [-0.3, -0.25) is 4.79 Å². The number of nitrogens with zero attached hydrogens (tertiary/aromatic N) is 2. The lowest BCUT2D eigenvalue weighted by molar-refractivity contribution is 0.122. The first-order valence-corrected chi connectivity index (χ1v) is 8.39. The number of hydrogen-bond acceptors (Lipinski definition) is 4. The number of aromatic amines is 1. The van der Waals surface area contributed by atoms with Gasteiger partial charge in [0.15, 0.2) is 0 Å². The van der Waals surface area contributed by atoms with Crippen LogP contribution < -0.4 is 10.5 Å². The molecule has 1 fully saturated rings. The van der Waals surface area contributed by atoms with Crippen LogP contribution in [0.3, 0.4) is 0 Å². The first kappa shape index (κ1) is 15.6. The number of benzene rings is 2. The Labute approximate surface area is 145 Å². The van der Waals surface area contributed by atoms with Crippen LogP contribution in [0.2, 0.25) is 0 Å². The van der Waals surface area contributed by atoms with E-state index in [1.807, 2.05) is 30.4 Å². The Kier molecular flexibility index (Phi) is 4.31. The van der Waals surface area contributed by atoms with Crippen LogP contribution in [0, 0.1) is 0 Å². The smallest absolute Gasteiger partial charge is 0.259 e. The summed E-state index contributed by atoms with van der Waals surface area (Å²) in [5.41, 5.74) is 2.85. The molecule has 2 heterocycles. The van der Waals surface area contributed by atoms with Crippen LogP contribution in [0.25, 0.3) is 23.1 Å². The molecule has 1 saturated heterocycles. The summed E-state index contributed by atoms with van der Waals surface area (Å²) in [6, 6.07) is 15.7. The Bertz CT molecular complexity index is 955. The Balaban J connectivity index is 1.54. The predicted octanol–water partition coefficient (Wildman–Crippen LogP) is 2.93. The number of fused-ring (bicyclic) bond motifs is 1. The first-order chi connectivity index (χ1) is 12.3. The van der Waals surface area contributed by atoms with E-state index in [0.29, 0.717) is 16.7 Å². The molecule has 5 heteroatoms. The molecule has 4 rings (SSSR count). The topological polar surface area (TPSA) is 58.2 Å². The third kappa shape index (κ3) is 3.46. The molecule has 3 aromatic rings. The molecule has 1 aromatic heterocycles. The summed E-state index contributed by atoms with van der Waals surface area (Å²) in [7, 11) is 0. The molecule has 0 saturated carbocycles. The number of nitrogens with one attached hydrogen (secondary N) is 1. The molecule has 5 nitrogen and oxygen atoms in total. The van der Waals surface area contributed by atoms with Crippen molar-refractivity contribution in [3.8, 4) is 0 Å². The van der Waals surface area contributed by atoms with Gasteiger partial charge in [0.25, 0.3) is 5.56 Å². The molecule has 0 unspecified atom stereocenters. The lowest BCUT2D eigenvalue weighted by Crippen LogP contribution is -2.36. The molecule has 1 aliphatic heterocycles. The highest BCUT2D eigenvalue weighted by Crippen LogP contribution is 2.17. The summed E-state index contributed by atoms with van der Waals surface area (Å²) in [4.78, 5) is 21.7. The van der Waals surface area contributed by atoms with E-state index >= 15 is 0 Å². The van der Waals surface area contributed by atoms with Crippen molar-refractivity contribution in [2.45, 2.75) is 0 Å². The van der Waals surface area contributed by atoms with Crippen LogP contribution in [0.4, 0.5) is 5.69 Å². The fourth-order valence-corrected chi connectivity index (χ4v) is 2.98. The zero-order valence-corrected chi connectivity index (χ0v) is 13.8. The number of ether oxygens (including phenoxy) is 1. The van der Waals surface area contributed by atoms with Gasteiger partial charge in [-0.05, 0) is 35.9 Å². The van der Waals surface area contributed by atoms with E-state index in [1.54, 1.807) is 6.07 Å². The summed E-state index contributed by atoms with van der Waals surface area (Å²) < 4.78 is 5.38. The van der Waals surface area contributed by atoms with Gasteiger partial charge in [-0.2, -0.15) is 0 Å². The molecule has 0 bridgehead atoms. The molecule has 0 aliphatic carbocycles. The van der Waals surface area contributed by atoms with Crippen LogP contribution in [0.15, 0.2) is 53.3 Å². The van der Waals surface area contributed by atoms with E-state index in [1.165, 1.54) is 5.69 Å². The largest absolute Gasteiger partial charge is 0.378 e. The average molecular weight is 333 g/mol. The van der Waals surface area contributed by atoms with Crippen LogP contribution >= 0.6 is 0 Å². The number of anilines is 1. The monoisotopic (exact) mass is 333 g/mol. The predicted molar refractivity (Wildman–Crippen MR) is 101 cm³/mol. The second-order valence-electron chi connectivity index (χ2n) is 5.99. The minimum Gasteiger partial charge on any atom is -0.378 e. The van der Waals surface area contributed by atoms with Gasteiger partial charge in [0.05, 0.1) is 24.1 Å². The summed E-state index contributed by atoms with van der Waals surface area (Å²) >= 11 is 0. The summed E-state index contributed by atoms with van der Waals surface area (Å²) in [5.74, 6) is 0.556. The van der Waals surface area contributed by atoms with Gasteiger partial charge >= 0.3 is 0 Å². The van der Waals surface area contributed by atoms with Crippen LogP contribution in [-0.4, -0.2) is 36.3 Å². The zero-order chi connectivity index (χ0) is 17.1. The van der Waals surface area contributed by atoms with E-state index in [-0.39, 0.29) is 5.56 Å². The van der Waals surface area contributed by atoms with Crippen molar-refractivity contribution in [3.05, 3.63) is 70.3 Å². The molecule has 0 atom stereocenters. The lowest BCUT2D eigenvalue weighted by Gasteiger charge is -2.28. The molecular weight excluding hydrogens is 314 g/mol. The number of H-pyrrole nitrogens is 1. The van der Waals surface area contributed by atoms with Gasteiger partial charge in [0.2, 0.25) is 0 Å². The molecule has 126 valence electrons. The Morgan fingerprint density at radius 1 is 1.00 bits per heavy atom. The molecule has 1 N–H and O–H groups in total. The third-order valence-electron chi connectivity index (χ3n) is 4.33. The van der Waals surface area contributed by atoms with Crippen molar-refractivity contribution in [1.82, 2.24) is 9.97 Å². The Morgan fingerprint density at radius 3 is 2.56 bits per heavy atom. The van der Waals surface area contributed by atoms with Crippen molar-refractivity contribution >= 4 is 28.7 Å². The average Bonchev–Trinajstić information content (AvgIpc) is 2.68. The van der Waals surface area contributed by atoms with E-state index in [9.17, 15) is 4.79 Å². The van der Waals surface area contributed by atoms with Gasteiger partial charge in [-0.25, -0.2) is 4.98 Å². The van der Waals surface area contributed by atoms with Crippen LogP contribution in [-0.2, 0) is 4.74 Å². The number of morpholine rings is 1. The van der Waals surface area contributed by atoms with Crippen molar-refractivity contribution in [2.24, 2.45) is 0 Å². The van der Waals surface area contributed by atoms with Crippen molar-refractivity contribution < 1.29 is 4.74 Å². The normalized spacial score (nSPS) is 15.1. The van der Waals surface area contributed by atoms with E-state index in [4.69, 9.17) is 4.74 Å². The van der Waals surface area contributed by atoms with E-state index in [0.717, 1.165) is 31.9 Å². The second kappa shape index (κ2) is 6.91. The Morgan fingerprint density at radius 2 is 1.76 bits per heavy atom. The molecular formula is C20H19N3O2. The summed E-state index contributed by atoms with van der Waals surface area (Å²) in [5, 5.41) is 0.606. The lowest BCUT2D eigenvalue weighted by atomic mass is 10.1. The highest BCUT2D eigenvalue weighted by atomic mass is 16.5. The van der Waals surface area contributed by atoms with Crippen molar-refractivity contribution in [1.29, 1.82) is 0 Å². The number of hydrogen-bond donors (Lipinski definition) is 1. The minimum atomic E-state index is -0.118. The molecule has 1 aliphatic rings. The molecule has 0 spiro atoms. The third-order valence-corrected chi connectivity index (χ3v) is 4.33. The minimum absolute atomic E-state index is 0.118. The van der Waals surface area contributed by atoms with Gasteiger partial charge in [0, 0.05) is 18.8 Å². The Hall–Kier alpha value is -2.92. The SMILES string of the molecule is O=c1[nH]c(/C=C/c2ccc(N3CCOCC3)cc2)nc2ccccc12. The highest BCUT2D eigenvalue weighted by molar-refractivity contribution is 5.79. The molecule has 25 heavy (non-hydrogen) atoms. The van der Waals surface area contributed by atoms with Crippen LogP contribution in [0.5, 0.6) is 0 Å². The maximum atomic E-state index is 12.1. The van der Waals surface area contributed by atoms with Crippen molar-refractivity contribution in [2.75, 3.05) is 31.2 Å².